The zero-order valence-corrected chi connectivity index (χ0v) is 39.5. The molecule has 5 N–H and O–H groups in total. The van der Waals surface area contributed by atoms with E-state index in [2.05, 4.69) is 57.3 Å². The van der Waals surface area contributed by atoms with E-state index in [1.165, 1.54) is 20.4 Å². The number of piperidine rings is 2. The van der Waals surface area contributed by atoms with Gasteiger partial charge in [-0.05, 0) is 62.1 Å². The lowest BCUT2D eigenvalue weighted by Crippen LogP contribution is -2.54. The number of methoxy groups -OCH3 is 1. The molecule has 356 valence electrons. The van der Waals surface area contributed by atoms with Gasteiger partial charge >= 0.3 is 7.60 Å². The number of nitrogens with one attached hydrogen (secondary N) is 5. The van der Waals surface area contributed by atoms with Gasteiger partial charge in [-0.25, -0.2) is 4.98 Å². The van der Waals surface area contributed by atoms with Crippen molar-refractivity contribution in [2.75, 3.05) is 101 Å². The number of hydrogen-bond acceptors (Lipinski definition) is 16. The van der Waals surface area contributed by atoms with Gasteiger partial charge in [0.05, 0.1) is 36.5 Å². The van der Waals surface area contributed by atoms with Gasteiger partial charge in [0, 0.05) is 114 Å². The minimum atomic E-state index is -3.57. The molecule has 19 nitrogen and oxygen atoms in total. The van der Waals surface area contributed by atoms with E-state index in [0.717, 1.165) is 69.0 Å². The number of benzene rings is 3. The number of nitrogens with zero attached hydrogens (tertiary/aromatic N) is 6. The maximum absolute atomic E-state index is 13.2. The lowest BCUT2D eigenvalue weighted by atomic mass is 10.0. The number of carbonyl (C=O) groups excluding carboxylic acids is 4. The molecule has 0 spiro atoms. The van der Waals surface area contributed by atoms with Crippen molar-refractivity contribution < 1.29 is 37.5 Å². The van der Waals surface area contributed by atoms with Crippen LogP contribution in [0.25, 0.3) is 0 Å². The molecule has 21 heteroatoms. The number of imide groups is 1. The molecule has 5 heterocycles. The van der Waals surface area contributed by atoms with E-state index >= 15 is 0 Å². The Kier molecular flexibility index (Phi) is 15.2. The first-order chi connectivity index (χ1) is 32.5. The SMILES string of the molecule is COc1cc(N2CCC(N3CCN(CC(=O)NCCCNc4cccc5c4CN(C4CCC(=O)NC4=O)C5=O)CC3)CC2)ccc1Nc1ncc(Cl)c(Nc2ccccc2P(=O)(OC)OC)n1. The van der Waals surface area contributed by atoms with Gasteiger partial charge in [0.15, 0.2) is 5.82 Å². The number of ether oxygens (including phenoxy) is 1. The van der Waals surface area contributed by atoms with Crippen molar-refractivity contribution in [2.45, 2.75) is 50.7 Å². The molecule has 4 amide bonds. The van der Waals surface area contributed by atoms with Gasteiger partial charge in [0.2, 0.25) is 23.7 Å². The predicted molar refractivity (Wildman–Crippen MR) is 256 cm³/mol. The highest BCUT2D eigenvalue weighted by molar-refractivity contribution is 7.62. The van der Waals surface area contributed by atoms with Crippen molar-refractivity contribution in [3.63, 3.8) is 0 Å². The van der Waals surface area contributed by atoms with Crippen LogP contribution in [0.4, 0.5) is 34.5 Å². The number of aromatic nitrogens is 2. The third kappa shape index (κ3) is 11.0. The monoisotopic (exact) mass is 957 g/mol. The number of amides is 4. The number of carbonyl (C=O) groups is 4. The van der Waals surface area contributed by atoms with Crippen LogP contribution in [0.3, 0.4) is 0 Å². The largest absolute Gasteiger partial charge is 0.494 e. The van der Waals surface area contributed by atoms with E-state index < -0.39 is 19.5 Å². The Bertz CT molecular complexity index is 2510. The summed E-state index contributed by atoms with van der Waals surface area (Å²) in [6, 6.07) is 18.3. The van der Waals surface area contributed by atoms with Crippen molar-refractivity contribution in [3.8, 4) is 5.75 Å². The third-order valence-corrected chi connectivity index (χ3v) is 15.0. The van der Waals surface area contributed by atoms with Crippen molar-refractivity contribution in [1.29, 1.82) is 0 Å². The normalized spacial score (nSPS) is 18.4. The Morgan fingerprint density at radius 2 is 1.64 bits per heavy atom. The van der Waals surface area contributed by atoms with Crippen molar-refractivity contribution in [3.05, 3.63) is 83.0 Å². The average Bonchev–Trinajstić information content (AvgIpc) is 3.68. The molecule has 0 radical (unpaired) electrons. The topological polar surface area (TPSA) is 212 Å². The van der Waals surface area contributed by atoms with Crippen LogP contribution in [0.1, 0.15) is 48.0 Å². The molecule has 1 aromatic heterocycles. The first kappa shape index (κ1) is 47.7. The van der Waals surface area contributed by atoms with E-state index in [9.17, 15) is 23.7 Å². The molecule has 0 saturated carbocycles. The molecule has 0 bridgehead atoms. The number of hydrogen-bond donors (Lipinski definition) is 5. The maximum Gasteiger partial charge on any atom is 0.362 e. The summed E-state index contributed by atoms with van der Waals surface area (Å²) in [6.07, 6.45) is 4.77. The van der Waals surface area contributed by atoms with Gasteiger partial charge < -0.3 is 44.9 Å². The Morgan fingerprint density at radius 3 is 2.39 bits per heavy atom. The van der Waals surface area contributed by atoms with Crippen molar-refractivity contribution >= 4 is 82.6 Å². The van der Waals surface area contributed by atoms with Crippen LogP contribution >= 0.6 is 19.2 Å². The van der Waals surface area contributed by atoms with E-state index in [0.29, 0.717) is 78.9 Å². The van der Waals surface area contributed by atoms with Crippen LogP contribution in [0.15, 0.2) is 66.9 Å². The molecular formula is C46H57ClN11O8P. The van der Waals surface area contributed by atoms with E-state index in [-0.39, 0.29) is 35.1 Å². The standard InChI is InChI=1S/C46H57ClN11O8P/c1-64-39-26-31(12-13-36(39)52-46-50-27-34(47)43(54-46)51-37-9-4-5-11-40(37)67(63,65-2)66-3)56-20-16-30(17-21-56)57-24-22-55(23-25-57)29-42(60)49-19-7-18-48-35-10-6-8-32-33(35)28-58(45(32)62)38-14-15-41(59)53-44(38)61/h4-6,8-13,26-27,30,38,48H,7,14-25,28-29H2,1-3H3,(H,49,60)(H,53,59,61)(H2,50,51,52,54). The molecule has 0 aliphatic carbocycles. The number of anilines is 6. The van der Waals surface area contributed by atoms with E-state index in [4.69, 9.17) is 25.4 Å². The van der Waals surface area contributed by atoms with Crippen LogP contribution in [0, 0.1) is 0 Å². The Morgan fingerprint density at radius 1 is 0.881 bits per heavy atom. The summed E-state index contributed by atoms with van der Waals surface area (Å²) in [5.74, 6) is 0.271. The Labute approximate surface area is 394 Å². The molecule has 1 unspecified atom stereocenters. The van der Waals surface area contributed by atoms with Gasteiger partial charge in [0.1, 0.15) is 16.8 Å². The van der Waals surface area contributed by atoms with Gasteiger partial charge in [-0.2, -0.15) is 4.98 Å². The number of piperazine rings is 1. The van der Waals surface area contributed by atoms with Crippen LogP contribution in [-0.2, 0) is 34.5 Å². The molecular weight excluding hydrogens is 901 g/mol. The summed E-state index contributed by atoms with van der Waals surface area (Å²) >= 11 is 6.49. The fourth-order valence-electron chi connectivity index (χ4n) is 9.16. The van der Waals surface area contributed by atoms with E-state index in [1.807, 2.05) is 24.3 Å². The van der Waals surface area contributed by atoms with Crippen molar-refractivity contribution in [2.24, 2.45) is 0 Å². The van der Waals surface area contributed by atoms with Crippen LogP contribution < -0.4 is 41.5 Å². The number of para-hydroxylation sites is 1. The number of rotatable bonds is 18. The summed E-state index contributed by atoms with van der Waals surface area (Å²) in [7, 11) is 0.711. The smallest absolute Gasteiger partial charge is 0.362 e. The molecule has 4 aromatic rings. The lowest BCUT2D eigenvalue weighted by Gasteiger charge is -2.43. The first-order valence-corrected chi connectivity index (χ1v) is 24.4. The molecule has 67 heavy (non-hydrogen) atoms. The van der Waals surface area contributed by atoms with E-state index in [1.54, 1.807) is 42.3 Å². The van der Waals surface area contributed by atoms with Gasteiger partial charge in [0.25, 0.3) is 5.91 Å². The Balaban J connectivity index is 0.749. The minimum Gasteiger partial charge on any atom is -0.494 e. The van der Waals surface area contributed by atoms with Crippen LogP contribution in [0.5, 0.6) is 5.75 Å². The third-order valence-electron chi connectivity index (χ3n) is 12.8. The predicted octanol–water partition coefficient (Wildman–Crippen LogP) is 4.70. The first-order valence-electron chi connectivity index (χ1n) is 22.5. The molecule has 4 aliphatic heterocycles. The molecule has 4 aliphatic rings. The van der Waals surface area contributed by atoms with Gasteiger partial charge in [-0.1, -0.05) is 29.8 Å². The summed E-state index contributed by atoms with van der Waals surface area (Å²) in [4.78, 5) is 67.8. The van der Waals surface area contributed by atoms with Crippen LogP contribution in [0.2, 0.25) is 5.02 Å². The second-order valence-electron chi connectivity index (χ2n) is 16.8. The molecule has 8 rings (SSSR count). The summed E-state index contributed by atoms with van der Waals surface area (Å²) in [5.41, 5.74) is 4.44. The highest BCUT2D eigenvalue weighted by atomic mass is 35.5. The fraction of sp³-hybridized carbons (Fsp3) is 0.435. The maximum atomic E-state index is 13.2. The molecule has 1 atom stereocenters. The zero-order chi connectivity index (χ0) is 47.1. The summed E-state index contributed by atoms with van der Waals surface area (Å²) in [5, 5.41) is 15.8. The lowest BCUT2D eigenvalue weighted by molar-refractivity contribution is -0.137. The highest BCUT2D eigenvalue weighted by Gasteiger charge is 2.40. The van der Waals surface area contributed by atoms with Crippen LogP contribution in [-0.4, -0.2) is 141 Å². The van der Waals surface area contributed by atoms with Gasteiger partial charge in [-0.3, -0.25) is 38.9 Å². The second-order valence-corrected chi connectivity index (χ2v) is 19.4. The average molecular weight is 958 g/mol. The van der Waals surface area contributed by atoms with Gasteiger partial charge in [-0.15, -0.1) is 0 Å². The molecule has 3 saturated heterocycles. The number of halogens is 1. The second kappa shape index (κ2) is 21.4. The minimum absolute atomic E-state index is 0.00751. The Hall–Kier alpha value is -5.82. The van der Waals surface area contributed by atoms with Crippen molar-refractivity contribution in [1.82, 2.24) is 35.3 Å². The zero-order valence-electron chi connectivity index (χ0n) is 37.9. The number of fused-ring (bicyclic) bond motifs is 1. The molecule has 3 fully saturated rings. The summed E-state index contributed by atoms with van der Waals surface area (Å²) < 4.78 is 29.5. The fourth-order valence-corrected chi connectivity index (χ4v) is 10.5. The summed E-state index contributed by atoms with van der Waals surface area (Å²) in [6.45, 7) is 7.10. The quantitative estimate of drug-likeness (QED) is 0.0520. The highest BCUT2D eigenvalue weighted by Crippen LogP contribution is 2.47. The molecule has 3 aromatic carbocycles.